The zero-order valence-corrected chi connectivity index (χ0v) is 13.1. The van der Waals surface area contributed by atoms with Crippen molar-refractivity contribution in [3.8, 4) is 0 Å². The van der Waals surface area contributed by atoms with Gasteiger partial charge < -0.3 is 10.6 Å². The quantitative estimate of drug-likeness (QED) is 0.866. The fraction of sp³-hybridized carbons (Fsp3) is 0.143. The summed E-state index contributed by atoms with van der Waals surface area (Å²) >= 11 is 9.22. The Bertz CT molecular complexity index is 616. The van der Waals surface area contributed by atoms with E-state index in [1.165, 1.54) is 6.20 Å². The number of nitrogens with zero attached hydrogens (tertiary/aromatic N) is 1. The molecule has 1 amide bonds. The molecular formula is C14H13BrClN3O. The summed E-state index contributed by atoms with van der Waals surface area (Å²) in [7, 11) is 0. The van der Waals surface area contributed by atoms with Crippen molar-refractivity contribution in [2.24, 2.45) is 0 Å². The number of amides is 1. The fourth-order valence-corrected chi connectivity index (χ4v) is 2.09. The molecule has 2 aromatic rings. The maximum Gasteiger partial charge on any atom is 0.257 e. The highest BCUT2D eigenvalue weighted by Gasteiger charge is 2.07. The normalized spacial score (nSPS) is 10.2. The van der Waals surface area contributed by atoms with E-state index in [2.05, 4.69) is 31.5 Å². The molecule has 6 heteroatoms. The lowest BCUT2D eigenvalue weighted by Gasteiger charge is -2.07. The second kappa shape index (κ2) is 6.72. The van der Waals surface area contributed by atoms with Gasteiger partial charge in [0.1, 0.15) is 5.82 Å². The van der Waals surface area contributed by atoms with E-state index in [0.29, 0.717) is 16.3 Å². The van der Waals surface area contributed by atoms with E-state index in [1.54, 1.807) is 30.3 Å². The van der Waals surface area contributed by atoms with Crippen molar-refractivity contribution in [3.63, 3.8) is 0 Å². The van der Waals surface area contributed by atoms with Gasteiger partial charge in [-0.3, -0.25) is 4.79 Å². The SMILES string of the molecule is CCNc1ccc(C(=O)Nc2ccc(Cl)c(Br)c2)cn1. The number of hydrogen-bond acceptors (Lipinski definition) is 3. The van der Waals surface area contributed by atoms with Crippen molar-refractivity contribution in [2.45, 2.75) is 6.92 Å². The summed E-state index contributed by atoms with van der Waals surface area (Å²) in [5.41, 5.74) is 1.17. The van der Waals surface area contributed by atoms with Gasteiger partial charge in [-0.05, 0) is 53.2 Å². The molecule has 2 N–H and O–H groups in total. The maximum atomic E-state index is 12.1. The van der Waals surface area contributed by atoms with E-state index in [-0.39, 0.29) is 5.91 Å². The third kappa shape index (κ3) is 3.71. The summed E-state index contributed by atoms with van der Waals surface area (Å²) in [6.07, 6.45) is 1.54. The van der Waals surface area contributed by atoms with E-state index >= 15 is 0 Å². The smallest absolute Gasteiger partial charge is 0.257 e. The minimum Gasteiger partial charge on any atom is -0.370 e. The van der Waals surface area contributed by atoms with Gasteiger partial charge in [-0.25, -0.2) is 4.98 Å². The summed E-state index contributed by atoms with van der Waals surface area (Å²) in [5, 5.41) is 6.46. The Morgan fingerprint density at radius 1 is 1.35 bits per heavy atom. The van der Waals surface area contributed by atoms with Crippen molar-refractivity contribution in [1.29, 1.82) is 0 Å². The Labute approximate surface area is 130 Å². The number of nitrogens with one attached hydrogen (secondary N) is 2. The van der Waals surface area contributed by atoms with Crippen LogP contribution in [0, 0.1) is 0 Å². The minimum atomic E-state index is -0.213. The first-order valence-corrected chi connectivity index (χ1v) is 7.23. The summed E-state index contributed by atoms with van der Waals surface area (Å²) in [6.45, 7) is 2.78. The first-order chi connectivity index (χ1) is 9.60. The molecule has 0 aliphatic heterocycles. The largest absolute Gasteiger partial charge is 0.370 e. The Morgan fingerprint density at radius 2 is 2.15 bits per heavy atom. The zero-order valence-electron chi connectivity index (χ0n) is 10.8. The number of anilines is 2. The van der Waals surface area contributed by atoms with Gasteiger partial charge in [0.05, 0.1) is 10.6 Å². The van der Waals surface area contributed by atoms with Gasteiger partial charge in [0.15, 0.2) is 0 Å². The number of rotatable bonds is 4. The third-order valence-corrected chi connectivity index (χ3v) is 3.77. The topological polar surface area (TPSA) is 54.0 Å². The minimum absolute atomic E-state index is 0.213. The highest BCUT2D eigenvalue weighted by Crippen LogP contribution is 2.25. The van der Waals surface area contributed by atoms with Gasteiger partial charge in [-0.2, -0.15) is 0 Å². The van der Waals surface area contributed by atoms with E-state index in [9.17, 15) is 4.79 Å². The predicted molar refractivity (Wildman–Crippen MR) is 85.5 cm³/mol. The maximum absolute atomic E-state index is 12.1. The molecule has 0 atom stereocenters. The van der Waals surface area contributed by atoms with Gasteiger partial charge in [0.2, 0.25) is 0 Å². The lowest BCUT2D eigenvalue weighted by molar-refractivity contribution is 0.102. The molecule has 1 heterocycles. The molecule has 4 nitrogen and oxygen atoms in total. The van der Waals surface area contributed by atoms with Gasteiger partial charge in [0.25, 0.3) is 5.91 Å². The highest BCUT2D eigenvalue weighted by molar-refractivity contribution is 9.10. The molecule has 2 rings (SSSR count). The molecule has 0 radical (unpaired) electrons. The number of pyridine rings is 1. The van der Waals surface area contributed by atoms with E-state index in [1.807, 2.05) is 6.92 Å². The van der Waals surface area contributed by atoms with Crippen molar-refractivity contribution < 1.29 is 4.79 Å². The van der Waals surface area contributed by atoms with E-state index < -0.39 is 0 Å². The lowest BCUT2D eigenvalue weighted by atomic mass is 10.2. The monoisotopic (exact) mass is 353 g/mol. The molecule has 0 bridgehead atoms. The Morgan fingerprint density at radius 3 is 2.75 bits per heavy atom. The molecule has 0 saturated carbocycles. The number of halogens is 2. The van der Waals surface area contributed by atoms with E-state index in [0.717, 1.165) is 16.8 Å². The van der Waals surface area contributed by atoms with Crippen LogP contribution < -0.4 is 10.6 Å². The Balaban J connectivity index is 2.09. The van der Waals surface area contributed by atoms with Crippen LogP contribution >= 0.6 is 27.5 Å². The Kier molecular flexibility index (Phi) is 4.98. The zero-order chi connectivity index (χ0) is 14.5. The summed E-state index contributed by atoms with van der Waals surface area (Å²) in [6, 6.07) is 8.71. The summed E-state index contributed by atoms with van der Waals surface area (Å²) in [4.78, 5) is 16.2. The molecular weight excluding hydrogens is 342 g/mol. The Hall–Kier alpha value is -1.59. The molecule has 20 heavy (non-hydrogen) atoms. The van der Waals surface area contributed by atoms with Crippen LogP contribution in [0.25, 0.3) is 0 Å². The number of carbonyl (C=O) groups excluding carboxylic acids is 1. The molecule has 1 aromatic heterocycles. The standard InChI is InChI=1S/C14H13BrClN3O/c1-2-17-13-6-3-9(8-18-13)14(20)19-10-4-5-12(16)11(15)7-10/h3-8H,2H2,1H3,(H,17,18)(H,19,20). The molecule has 0 aliphatic carbocycles. The number of aromatic nitrogens is 1. The number of hydrogen-bond donors (Lipinski definition) is 2. The van der Waals surface area contributed by atoms with Crippen LogP contribution in [0.3, 0.4) is 0 Å². The summed E-state index contributed by atoms with van der Waals surface area (Å²) < 4.78 is 0.734. The van der Waals surface area contributed by atoms with Gasteiger partial charge >= 0.3 is 0 Å². The van der Waals surface area contributed by atoms with Crippen LogP contribution in [0.4, 0.5) is 11.5 Å². The highest BCUT2D eigenvalue weighted by atomic mass is 79.9. The third-order valence-electron chi connectivity index (χ3n) is 2.56. The molecule has 0 saturated heterocycles. The van der Waals surface area contributed by atoms with Crippen LogP contribution in [0.15, 0.2) is 41.0 Å². The van der Waals surface area contributed by atoms with Gasteiger partial charge in [-0.15, -0.1) is 0 Å². The van der Waals surface area contributed by atoms with Crippen molar-refractivity contribution >= 4 is 44.9 Å². The molecule has 0 unspecified atom stereocenters. The first kappa shape index (κ1) is 14.8. The van der Waals surface area contributed by atoms with Gasteiger partial charge in [0, 0.05) is 22.9 Å². The van der Waals surface area contributed by atoms with Gasteiger partial charge in [-0.1, -0.05) is 11.6 Å². The molecule has 0 fully saturated rings. The van der Waals surface area contributed by atoms with Crippen LogP contribution in [-0.4, -0.2) is 17.4 Å². The van der Waals surface area contributed by atoms with Crippen molar-refractivity contribution in [2.75, 3.05) is 17.2 Å². The first-order valence-electron chi connectivity index (χ1n) is 6.06. The second-order valence-electron chi connectivity index (χ2n) is 4.05. The summed E-state index contributed by atoms with van der Waals surface area (Å²) in [5.74, 6) is 0.535. The van der Waals surface area contributed by atoms with Crippen LogP contribution in [-0.2, 0) is 0 Å². The predicted octanol–water partition coefficient (Wildman–Crippen LogP) is 4.18. The lowest BCUT2D eigenvalue weighted by Crippen LogP contribution is -2.12. The second-order valence-corrected chi connectivity index (χ2v) is 5.31. The molecule has 1 aromatic carbocycles. The number of carbonyl (C=O) groups is 1. The van der Waals surface area contributed by atoms with E-state index in [4.69, 9.17) is 11.6 Å². The van der Waals surface area contributed by atoms with Crippen LogP contribution in [0.1, 0.15) is 17.3 Å². The van der Waals surface area contributed by atoms with Crippen LogP contribution in [0.5, 0.6) is 0 Å². The number of benzene rings is 1. The molecule has 104 valence electrons. The van der Waals surface area contributed by atoms with Crippen LogP contribution in [0.2, 0.25) is 5.02 Å². The van der Waals surface area contributed by atoms with Crippen molar-refractivity contribution in [1.82, 2.24) is 4.98 Å². The fourth-order valence-electron chi connectivity index (χ4n) is 1.59. The van der Waals surface area contributed by atoms with Crippen molar-refractivity contribution in [3.05, 3.63) is 51.6 Å². The average Bonchev–Trinajstić information content (AvgIpc) is 2.44. The average molecular weight is 355 g/mol. The molecule has 0 spiro atoms. The molecule has 0 aliphatic rings.